The Morgan fingerprint density at radius 1 is 0.935 bits per heavy atom. The molecule has 1 aliphatic rings. The number of carbonyl (C=O) groups is 1. The molecule has 3 heterocycles. The van der Waals surface area contributed by atoms with E-state index in [0.29, 0.717) is 6.54 Å². The molecule has 1 aliphatic heterocycles. The number of nitrogens with one attached hydrogen (secondary N) is 1. The first-order valence-corrected chi connectivity index (χ1v) is 11.0. The quantitative estimate of drug-likeness (QED) is 0.525. The highest BCUT2D eigenvalue weighted by atomic mass is 16.2. The first-order chi connectivity index (χ1) is 15.2. The predicted octanol–water partition coefficient (Wildman–Crippen LogP) is 4.79. The molecule has 6 nitrogen and oxygen atoms in total. The fourth-order valence-electron chi connectivity index (χ4n) is 4.30. The van der Waals surface area contributed by atoms with E-state index in [1.165, 1.54) is 5.56 Å². The van der Waals surface area contributed by atoms with Crippen molar-refractivity contribution in [1.29, 1.82) is 0 Å². The summed E-state index contributed by atoms with van der Waals surface area (Å²) < 4.78 is 2.20. The summed E-state index contributed by atoms with van der Waals surface area (Å²) in [5.41, 5.74) is 5.30. The smallest absolute Gasteiger partial charge is 0.321 e. The number of urea groups is 1. The summed E-state index contributed by atoms with van der Waals surface area (Å²) in [4.78, 5) is 22.0. The summed E-state index contributed by atoms with van der Waals surface area (Å²) in [5.74, 6) is 0.987. The van der Waals surface area contributed by atoms with Crippen molar-refractivity contribution in [3.8, 4) is 0 Å². The zero-order valence-electron chi connectivity index (χ0n) is 17.8. The molecule has 0 radical (unpaired) electrons. The summed E-state index contributed by atoms with van der Waals surface area (Å²) in [6.45, 7) is 5.17. The van der Waals surface area contributed by atoms with Crippen LogP contribution in [0.25, 0.3) is 16.6 Å². The summed E-state index contributed by atoms with van der Waals surface area (Å²) >= 11 is 0. The van der Waals surface area contributed by atoms with Crippen molar-refractivity contribution in [2.24, 2.45) is 0 Å². The second-order valence-electron chi connectivity index (χ2n) is 8.00. The maximum Gasteiger partial charge on any atom is 0.321 e. The molecule has 0 aliphatic carbocycles. The zero-order chi connectivity index (χ0) is 21.2. The van der Waals surface area contributed by atoms with Crippen molar-refractivity contribution >= 4 is 34.1 Å². The van der Waals surface area contributed by atoms with E-state index < -0.39 is 0 Å². The number of para-hydroxylation sites is 2. The van der Waals surface area contributed by atoms with E-state index in [2.05, 4.69) is 64.1 Å². The number of fused-ring (bicyclic) bond motifs is 3. The third kappa shape index (κ3) is 3.81. The Balaban J connectivity index is 1.33. The molecule has 31 heavy (non-hydrogen) atoms. The second kappa shape index (κ2) is 8.30. The van der Waals surface area contributed by atoms with Crippen LogP contribution in [0.4, 0.5) is 16.3 Å². The van der Waals surface area contributed by atoms with Crippen molar-refractivity contribution in [3.05, 3.63) is 72.4 Å². The maximum atomic E-state index is 12.8. The third-order valence-corrected chi connectivity index (χ3v) is 6.04. The molecule has 0 bridgehead atoms. The molecule has 158 valence electrons. The maximum absolute atomic E-state index is 12.8. The molecule has 2 amide bonds. The highest BCUT2D eigenvalue weighted by molar-refractivity contribution is 5.89. The second-order valence-corrected chi connectivity index (χ2v) is 8.00. The molecule has 2 aromatic heterocycles. The number of nitrogens with zero attached hydrogens (tertiary/aromatic N) is 4. The average Bonchev–Trinajstić information content (AvgIpc) is 3.17. The number of aryl methyl sites for hydroxylation is 1. The monoisotopic (exact) mass is 413 g/mol. The van der Waals surface area contributed by atoms with Gasteiger partial charge in [0.15, 0.2) is 5.82 Å². The van der Waals surface area contributed by atoms with Crippen LogP contribution in [-0.4, -0.2) is 46.5 Å². The van der Waals surface area contributed by atoms with Crippen molar-refractivity contribution in [2.45, 2.75) is 19.8 Å². The molecular formula is C25H27N5O. The summed E-state index contributed by atoms with van der Waals surface area (Å²) in [6.07, 6.45) is 3.99. The minimum Gasteiger partial charge on any atom is -0.353 e. The van der Waals surface area contributed by atoms with Gasteiger partial charge in [0.1, 0.15) is 0 Å². The lowest BCUT2D eigenvalue weighted by Gasteiger charge is -2.24. The molecule has 6 heteroatoms. The first kappa shape index (κ1) is 19.4. The Morgan fingerprint density at radius 3 is 2.58 bits per heavy atom. The lowest BCUT2D eigenvalue weighted by Crippen LogP contribution is -2.38. The molecular weight excluding hydrogens is 386 g/mol. The normalized spacial score (nSPS) is 14.7. The van der Waals surface area contributed by atoms with Gasteiger partial charge in [-0.15, -0.1) is 0 Å². The van der Waals surface area contributed by atoms with Crippen LogP contribution >= 0.6 is 0 Å². The molecule has 1 fully saturated rings. The van der Waals surface area contributed by atoms with Crippen LogP contribution in [0.2, 0.25) is 0 Å². The summed E-state index contributed by atoms with van der Waals surface area (Å²) in [5, 5.41) is 3.04. The highest BCUT2D eigenvalue weighted by Gasteiger charge is 2.22. The minimum absolute atomic E-state index is 0.0367. The number of aromatic nitrogens is 2. The Kier molecular flexibility index (Phi) is 5.20. The lowest BCUT2D eigenvalue weighted by molar-refractivity contribution is 0.215. The van der Waals surface area contributed by atoms with Gasteiger partial charge in [-0.1, -0.05) is 31.2 Å². The van der Waals surface area contributed by atoms with Gasteiger partial charge in [-0.2, -0.15) is 0 Å². The minimum atomic E-state index is -0.0367. The van der Waals surface area contributed by atoms with Crippen LogP contribution in [0.15, 0.2) is 66.9 Å². The largest absolute Gasteiger partial charge is 0.353 e. The predicted molar refractivity (Wildman–Crippen MR) is 126 cm³/mol. The molecule has 2 aromatic carbocycles. The van der Waals surface area contributed by atoms with Crippen LogP contribution < -0.4 is 10.2 Å². The van der Waals surface area contributed by atoms with E-state index >= 15 is 0 Å². The van der Waals surface area contributed by atoms with Crippen LogP contribution in [0, 0.1) is 0 Å². The van der Waals surface area contributed by atoms with E-state index in [0.717, 1.165) is 60.5 Å². The lowest BCUT2D eigenvalue weighted by atomic mass is 10.1. The van der Waals surface area contributed by atoms with E-state index in [-0.39, 0.29) is 6.03 Å². The van der Waals surface area contributed by atoms with Gasteiger partial charge in [0.05, 0.1) is 16.6 Å². The molecule has 0 saturated carbocycles. The summed E-state index contributed by atoms with van der Waals surface area (Å²) in [7, 11) is 0. The SMILES string of the molecule is CCc1ccc(NC(=O)N2CCCN(c3nc4ccccc4n4cccc34)CC2)cc1. The van der Waals surface area contributed by atoms with Crippen LogP contribution in [0.5, 0.6) is 0 Å². The molecule has 0 atom stereocenters. The Morgan fingerprint density at radius 2 is 1.74 bits per heavy atom. The zero-order valence-corrected chi connectivity index (χ0v) is 17.8. The Bertz CT molecular complexity index is 1210. The standard InChI is InChI=1S/C25H27N5O/c1-2-19-10-12-20(13-11-19)26-25(31)29-15-6-14-28(17-18-29)24-23-9-5-16-30(23)22-8-4-3-7-21(22)27-24/h3-5,7-13,16H,2,6,14-15,17-18H2,1H3,(H,26,31). The first-order valence-electron chi connectivity index (χ1n) is 11.0. The molecule has 4 aromatic rings. The average molecular weight is 414 g/mol. The number of amides is 2. The molecule has 0 unspecified atom stereocenters. The Labute approximate surface area is 182 Å². The molecule has 1 saturated heterocycles. The number of hydrogen-bond acceptors (Lipinski definition) is 3. The number of rotatable bonds is 3. The number of anilines is 2. The van der Waals surface area contributed by atoms with Crippen LogP contribution in [0.3, 0.4) is 0 Å². The van der Waals surface area contributed by atoms with E-state index in [4.69, 9.17) is 4.98 Å². The van der Waals surface area contributed by atoms with Gasteiger partial charge in [-0.3, -0.25) is 0 Å². The van der Waals surface area contributed by atoms with Gasteiger partial charge in [-0.25, -0.2) is 9.78 Å². The number of benzene rings is 2. The number of hydrogen-bond donors (Lipinski definition) is 1. The van der Waals surface area contributed by atoms with E-state index in [1.54, 1.807) is 0 Å². The summed E-state index contributed by atoms with van der Waals surface area (Å²) in [6, 6.07) is 20.4. The van der Waals surface area contributed by atoms with Crippen LogP contribution in [-0.2, 0) is 6.42 Å². The van der Waals surface area contributed by atoms with Crippen molar-refractivity contribution in [3.63, 3.8) is 0 Å². The van der Waals surface area contributed by atoms with Crippen LogP contribution in [0.1, 0.15) is 18.9 Å². The molecule has 0 spiro atoms. The van der Waals surface area contributed by atoms with E-state index in [1.807, 2.05) is 29.2 Å². The third-order valence-electron chi connectivity index (χ3n) is 6.04. The molecule has 5 rings (SSSR count). The van der Waals surface area contributed by atoms with Gasteiger partial charge in [-0.05, 0) is 54.8 Å². The van der Waals surface area contributed by atoms with Gasteiger partial charge < -0.3 is 19.5 Å². The highest BCUT2D eigenvalue weighted by Crippen LogP contribution is 2.26. The Hall–Kier alpha value is -3.54. The molecule has 1 N–H and O–H groups in total. The van der Waals surface area contributed by atoms with Crippen molar-refractivity contribution in [1.82, 2.24) is 14.3 Å². The van der Waals surface area contributed by atoms with Gasteiger partial charge >= 0.3 is 6.03 Å². The number of carbonyl (C=O) groups excluding carboxylic acids is 1. The van der Waals surface area contributed by atoms with Gasteiger partial charge in [0, 0.05) is 38.1 Å². The fourth-order valence-corrected chi connectivity index (χ4v) is 4.30. The fraction of sp³-hybridized carbons (Fsp3) is 0.280. The van der Waals surface area contributed by atoms with Crippen molar-refractivity contribution in [2.75, 3.05) is 36.4 Å². The van der Waals surface area contributed by atoms with E-state index in [9.17, 15) is 4.79 Å². The van der Waals surface area contributed by atoms with Gasteiger partial charge in [0.25, 0.3) is 0 Å². The van der Waals surface area contributed by atoms with Gasteiger partial charge in [0.2, 0.25) is 0 Å². The van der Waals surface area contributed by atoms with Crippen molar-refractivity contribution < 1.29 is 4.79 Å². The topological polar surface area (TPSA) is 52.9 Å².